The van der Waals surface area contributed by atoms with Gasteiger partial charge in [-0.2, -0.15) is 0 Å². The molecule has 1 aromatic rings. The zero-order valence-electron chi connectivity index (χ0n) is 14.4. The quantitative estimate of drug-likeness (QED) is 0.841. The van der Waals surface area contributed by atoms with Crippen LogP contribution in [0.3, 0.4) is 0 Å². The molecule has 0 aromatic carbocycles. The first-order valence-electron chi connectivity index (χ1n) is 8.58. The Hall–Kier alpha value is -1.12. The first kappa shape index (κ1) is 16.3. The van der Waals surface area contributed by atoms with E-state index in [9.17, 15) is 0 Å². The van der Waals surface area contributed by atoms with Crippen molar-refractivity contribution in [2.75, 3.05) is 11.9 Å². The maximum absolute atomic E-state index is 4.88. The second-order valence-corrected chi connectivity index (χ2v) is 7.22. The van der Waals surface area contributed by atoms with E-state index in [1.165, 1.54) is 36.9 Å². The molecular formula is C18H31N3. The lowest BCUT2D eigenvalue weighted by Gasteiger charge is -2.33. The fourth-order valence-electron chi connectivity index (χ4n) is 3.18. The summed E-state index contributed by atoms with van der Waals surface area (Å²) in [6, 6.07) is 0. The molecule has 1 saturated carbocycles. The molecule has 21 heavy (non-hydrogen) atoms. The van der Waals surface area contributed by atoms with Crippen LogP contribution in [0.1, 0.15) is 82.8 Å². The average Bonchev–Trinajstić information content (AvgIpc) is 2.46. The second kappa shape index (κ2) is 6.76. The molecule has 0 aliphatic heterocycles. The first-order chi connectivity index (χ1) is 9.96. The van der Waals surface area contributed by atoms with Crippen molar-refractivity contribution in [3.63, 3.8) is 0 Å². The normalized spacial score (nSPS) is 18.7. The van der Waals surface area contributed by atoms with Crippen LogP contribution in [-0.4, -0.2) is 16.5 Å². The molecule has 118 valence electrons. The average molecular weight is 289 g/mol. The molecule has 1 aliphatic rings. The number of aryl methyl sites for hydroxylation is 1. The Morgan fingerprint density at radius 2 is 1.81 bits per heavy atom. The lowest BCUT2D eigenvalue weighted by atomic mass is 9.73. The Balaban J connectivity index is 2.23. The van der Waals surface area contributed by atoms with Gasteiger partial charge in [-0.25, -0.2) is 9.97 Å². The molecule has 1 aromatic heterocycles. The molecule has 0 spiro atoms. The fraction of sp³-hybridized carbons (Fsp3) is 0.778. The molecule has 0 unspecified atom stereocenters. The van der Waals surface area contributed by atoms with E-state index in [4.69, 9.17) is 9.97 Å². The third-order valence-electron chi connectivity index (χ3n) is 4.85. The van der Waals surface area contributed by atoms with Gasteiger partial charge in [0.15, 0.2) is 0 Å². The van der Waals surface area contributed by atoms with Crippen LogP contribution in [0.4, 0.5) is 5.82 Å². The van der Waals surface area contributed by atoms with Crippen molar-refractivity contribution < 1.29 is 0 Å². The van der Waals surface area contributed by atoms with Gasteiger partial charge in [-0.05, 0) is 50.9 Å². The van der Waals surface area contributed by atoms with E-state index in [0.29, 0.717) is 11.3 Å². The van der Waals surface area contributed by atoms with Gasteiger partial charge in [0.05, 0.1) is 0 Å². The molecule has 1 N–H and O–H groups in total. The van der Waals surface area contributed by atoms with Crippen molar-refractivity contribution in [3.8, 4) is 0 Å². The summed E-state index contributed by atoms with van der Waals surface area (Å²) in [4.78, 5) is 9.75. The highest BCUT2D eigenvalue weighted by molar-refractivity contribution is 5.46. The molecule has 1 heterocycles. The van der Waals surface area contributed by atoms with E-state index in [1.54, 1.807) is 0 Å². The van der Waals surface area contributed by atoms with Crippen LogP contribution in [0.15, 0.2) is 0 Å². The monoisotopic (exact) mass is 289 g/mol. The zero-order chi connectivity index (χ0) is 15.5. The van der Waals surface area contributed by atoms with Gasteiger partial charge in [0.1, 0.15) is 11.6 Å². The van der Waals surface area contributed by atoms with E-state index >= 15 is 0 Å². The van der Waals surface area contributed by atoms with Crippen LogP contribution in [0.5, 0.6) is 0 Å². The Morgan fingerprint density at radius 3 is 2.38 bits per heavy atom. The standard InChI is InChI=1S/C18H31N3/c1-6-12-19-16-13(3)15(7-2)20-17(21-16)14-8-10-18(4,5)11-9-14/h14H,6-12H2,1-5H3,(H,19,20,21). The van der Waals surface area contributed by atoms with E-state index in [0.717, 1.165) is 31.0 Å². The summed E-state index contributed by atoms with van der Waals surface area (Å²) in [5.74, 6) is 2.68. The molecule has 2 rings (SSSR count). The summed E-state index contributed by atoms with van der Waals surface area (Å²) in [5.41, 5.74) is 2.94. The summed E-state index contributed by atoms with van der Waals surface area (Å²) in [7, 11) is 0. The molecule has 0 amide bonds. The summed E-state index contributed by atoms with van der Waals surface area (Å²) in [6.07, 6.45) is 7.14. The molecule has 3 nitrogen and oxygen atoms in total. The highest BCUT2D eigenvalue weighted by Gasteiger charge is 2.29. The Kier molecular flexibility index (Phi) is 5.23. The maximum Gasteiger partial charge on any atom is 0.134 e. The molecule has 0 saturated heterocycles. The summed E-state index contributed by atoms with van der Waals surface area (Å²) < 4.78 is 0. The molecule has 3 heteroatoms. The van der Waals surface area contributed by atoms with Gasteiger partial charge in [0.2, 0.25) is 0 Å². The van der Waals surface area contributed by atoms with Gasteiger partial charge < -0.3 is 5.32 Å². The highest BCUT2D eigenvalue weighted by Crippen LogP contribution is 2.41. The maximum atomic E-state index is 4.88. The van der Waals surface area contributed by atoms with E-state index in [-0.39, 0.29) is 0 Å². The molecular weight excluding hydrogens is 258 g/mol. The van der Waals surface area contributed by atoms with E-state index in [1.807, 2.05) is 0 Å². The smallest absolute Gasteiger partial charge is 0.134 e. The van der Waals surface area contributed by atoms with Crippen molar-refractivity contribution in [1.82, 2.24) is 9.97 Å². The third kappa shape index (κ3) is 3.96. The first-order valence-corrected chi connectivity index (χ1v) is 8.58. The third-order valence-corrected chi connectivity index (χ3v) is 4.85. The minimum atomic E-state index is 0.498. The summed E-state index contributed by atoms with van der Waals surface area (Å²) >= 11 is 0. The van der Waals surface area contributed by atoms with Crippen molar-refractivity contribution in [3.05, 3.63) is 17.1 Å². The van der Waals surface area contributed by atoms with Crippen LogP contribution >= 0.6 is 0 Å². The van der Waals surface area contributed by atoms with Crippen molar-refractivity contribution in [1.29, 1.82) is 0 Å². The zero-order valence-corrected chi connectivity index (χ0v) is 14.4. The number of nitrogens with one attached hydrogen (secondary N) is 1. The second-order valence-electron chi connectivity index (χ2n) is 7.22. The number of nitrogens with zero attached hydrogens (tertiary/aromatic N) is 2. The fourth-order valence-corrected chi connectivity index (χ4v) is 3.18. The predicted molar refractivity (Wildman–Crippen MR) is 89.9 cm³/mol. The van der Waals surface area contributed by atoms with Crippen LogP contribution in [0.2, 0.25) is 0 Å². The van der Waals surface area contributed by atoms with E-state index in [2.05, 4.69) is 39.9 Å². The van der Waals surface area contributed by atoms with Crippen LogP contribution < -0.4 is 5.32 Å². The lowest BCUT2D eigenvalue weighted by Crippen LogP contribution is -2.22. The number of rotatable bonds is 5. The van der Waals surface area contributed by atoms with Crippen molar-refractivity contribution >= 4 is 5.82 Å². The molecule has 1 fully saturated rings. The van der Waals surface area contributed by atoms with Gasteiger partial charge >= 0.3 is 0 Å². The minimum absolute atomic E-state index is 0.498. The molecule has 1 aliphatic carbocycles. The number of aromatic nitrogens is 2. The molecule has 0 bridgehead atoms. The number of hydrogen-bond donors (Lipinski definition) is 1. The predicted octanol–water partition coefficient (Wildman–Crippen LogP) is 4.85. The lowest BCUT2D eigenvalue weighted by molar-refractivity contribution is 0.220. The van der Waals surface area contributed by atoms with E-state index < -0.39 is 0 Å². The summed E-state index contributed by atoms with van der Waals surface area (Å²) in [5, 5.41) is 3.48. The van der Waals surface area contributed by atoms with Gasteiger partial charge in [-0.1, -0.05) is 27.7 Å². The SMILES string of the molecule is CCCNc1nc(C2CCC(C)(C)CC2)nc(CC)c1C. The topological polar surface area (TPSA) is 37.8 Å². The summed E-state index contributed by atoms with van der Waals surface area (Å²) in [6.45, 7) is 12.3. The van der Waals surface area contributed by atoms with Crippen LogP contribution in [0, 0.1) is 12.3 Å². The molecule has 0 radical (unpaired) electrons. The Morgan fingerprint density at radius 1 is 1.14 bits per heavy atom. The van der Waals surface area contributed by atoms with Crippen LogP contribution in [0.25, 0.3) is 0 Å². The van der Waals surface area contributed by atoms with Gasteiger partial charge in [-0.15, -0.1) is 0 Å². The number of anilines is 1. The van der Waals surface area contributed by atoms with Crippen molar-refractivity contribution in [2.45, 2.75) is 79.1 Å². The van der Waals surface area contributed by atoms with Gasteiger partial charge in [0.25, 0.3) is 0 Å². The van der Waals surface area contributed by atoms with Crippen LogP contribution in [-0.2, 0) is 6.42 Å². The van der Waals surface area contributed by atoms with Crippen molar-refractivity contribution in [2.24, 2.45) is 5.41 Å². The minimum Gasteiger partial charge on any atom is -0.370 e. The van der Waals surface area contributed by atoms with Gasteiger partial charge in [0, 0.05) is 23.7 Å². The Bertz CT molecular complexity index is 470. The van der Waals surface area contributed by atoms with Gasteiger partial charge in [-0.3, -0.25) is 0 Å². The highest BCUT2D eigenvalue weighted by atomic mass is 15.0. The largest absolute Gasteiger partial charge is 0.370 e. The molecule has 0 atom stereocenters. The Labute approximate surface area is 130 Å². The number of hydrogen-bond acceptors (Lipinski definition) is 3.